The van der Waals surface area contributed by atoms with E-state index in [1.807, 2.05) is 20.8 Å². The first kappa shape index (κ1) is 32.9. The van der Waals surface area contributed by atoms with Crippen LogP contribution in [0.15, 0.2) is 0 Å². The Balaban J connectivity index is 1.94. The van der Waals surface area contributed by atoms with Crippen molar-refractivity contribution in [1.82, 2.24) is 0 Å². The second-order valence-electron chi connectivity index (χ2n) is 13.0. The van der Waals surface area contributed by atoms with Crippen LogP contribution in [0.1, 0.15) is 48.0 Å². The molecule has 14 heteroatoms. The van der Waals surface area contributed by atoms with Crippen LogP contribution in [0.25, 0.3) is 0 Å². The summed E-state index contributed by atoms with van der Waals surface area (Å²) in [6, 6.07) is 0. The molecule has 3 fully saturated rings. The minimum Gasteiger partial charge on any atom is -0.394 e. The molecule has 0 spiro atoms. The van der Waals surface area contributed by atoms with E-state index in [2.05, 4.69) is 0 Å². The monoisotopic (exact) mass is 570 g/mol. The van der Waals surface area contributed by atoms with Gasteiger partial charge in [0.25, 0.3) is 0 Å². The van der Waals surface area contributed by atoms with Gasteiger partial charge in [-0.25, -0.2) is 0 Å². The van der Waals surface area contributed by atoms with E-state index >= 15 is 0 Å². The molecule has 0 bridgehead atoms. The molecule has 0 aliphatic carbocycles. The minimum atomic E-state index is -1.82. The van der Waals surface area contributed by atoms with Crippen molar-refractivity contribution >= 4 is 0 Å². The first-order chi connectivity index (χ1) is 17.9. The van der Waals surface area contributed by atoms with E-state index in [0.717, 1.165) is 0 Å². The molecule has 0 aromatic rings. The van der Waals surface area contributed by atoms with Crippen LogP contribution < -0.4 is 0 Å². The zero-order valence-corrected chi connectivity index (χ0v) is 23.1. The van der Waals surface area contributed by atoms with E-state index in [1.165, 1.54) is 0 Å². The van der Waals surface area contributed by atoms with Gasteiger partial charge in [0.05, 0.1) is 18.8 Å². The summed E-state index contributed by atoms with van der Waals surface area (Å²) in [7, 11) is 0. The predicted octanol–water partition coefficient (Wildman–Crippen LogP) is -3.08. The smallest absolute Gasteiger partial charge is 0.187 e. The number of hydrogen-bond donors (Lipinski definition) is 9. The first-order valence-corrected chi connectivity index (χ1v) is 13.2. The second kappa shape index (κ2) is 12.4. The molecule has 3 saturated heterocycles. The van der Waals surface area contributed by atoms with Gasteiger partial charge >= 0.3 is 0 Å². The van der Waals surface area contributed by atoms with Gasteiger partial charge in [0.15, 0.2) is 18.9 Å². The van der Waals surface area contributed by atoms with Crippen LogP contribution in [-0.2, 0) is 23.7 Å². The summed E-state index contributed by atoms with van der Waals surface area (Å²) in [6.07, 6.45) is -22.6. The van der Waals surface area contributed by atoms with E-state index in [0.29, 0.717) is 0 Å². The summed E-state index contributed by atoms with van der Waals surface area (Å²) < 4.78 is 28.9. The fourth-order valence-corrected chi connectivity index (χ4v) is 5.12. The van der Waals surface area contributed by atoms with Crippen molar-refractivity contribution in [1.29, 1.82) is 0 Å². The fourth-order valence-electron chi connectivity index (χ4n) is 5.12. The third-order valence-electron chi connectivity index (χ3n) is 7.31. The predicted molar refractivity (Wildman–Crippen MR) is 131 cm³/mol. The number of hydrogen-bond acceptors (Lipinski definition) is 14. The van der Waals surface area contributed by atoms with Crippen molar-refractivity contribution in [2.75, 3.05) is 6.61 Å². The highest BCUT2D eigenvalue weighted by Gasteiger charge is 2.55. The van der Waals surface area contributed by atoms with Gasteiger partial charge in [0.1, 0.15) is 61.0 Å². The number of aliphatic hydroxyl groups is 9. The van der Waals surface area contributed by atoms with Gasteiger partial charge in [-0.05, 0) is 17.3 Å². The molecule has 3 aliphatic rings. The molecule has 3 aliphatic heterocycles. The fraction of sp³-hybridized carbons (Fsp3) is 1.00. The molecular formula is C25H46O14. The zero-order chi connectivity index (χ0) is 29.6. The lowest BCUT2D eigenvalue weighted by Crippen LogP contribution is -2.67. The Kier molecular flexibility index (Phi) is 10.4. The van der Waals surface area contributed by atoms with Crippen LogP contribution in [0.4, 0.5) is 0 Å². The molecule has 3 rings (SSSR count). The van der Waals surface area contributed by atoms with E-state index in [9.17, 15) is 46.0 Å². The molecular weight excluding hydrogens is 524 g/mol. The summed E-state index contributed by atoms with van der Waals surface area (Å²) in [5.41, 5.74) is -1.08. The van der Waals surface area contributed by atoms with Crippen LogP contribution in [0.2, 0.25) is 0 Å². The lowest BCUT2D eigenvalue weighted by atomic mass is 9.81. The maximum atomic E-state index is 11.1. The Morgan fingerprint density at radius 2 is 1.08 bits per heavy atom. The number of rotatable bonds is 6. The van der Waals surface area contributed by atoms with Gasteiger partial charge in [0, 0.05) is 0 Å². The third-order valence-corrected chi connectivity index (χ3v) is 7.31. The average molecular weight is 571 g/mol. The van der Waals surface area contributed by atoms with Crippen molar-refractivity contribution in [3.8, 4) is 0 Å². The van der Waals surface area contributed by atoms with Gasteiger partial charge in [0.2, 0.25) is 0 Å². The summed E-state index contributed by atoms with van der Waals surface area (Å²) in [4.78, 5) is 0. The van der Waals surface area contributed by atoms with Crippen LogP contribution >= 0.6 is 0 Å². The summed E-state index contributed by atoms with van der Waals surface area (Å²) in [6.45, 7) is 10.3. The maximum absolute atomic E-state index is 11.1. The molecule has 14 nitrogen and oxygen atoms in total. The highest BCUT2D eigenvalue weighted by atomic mass is 16.8. The standard InChI is InChI=1S/C25H46O14/c1-24(2,3)7-9-11(27)14(30)19(38-22-17(33)13(29)12(28)10(8-26)36-22)23(35-9)37-18-15(31)16(32)21(34)39-20(18)25(4,5)6/h9-23,26-34H,7-8H2,1-6H3. The highest BCUT2D eigenvalue weighted by molar-refractivity contribution is 4.99. The first-order valence-electron chi connectivity index (χ1n) is 13.2. The molecule has 3 heterocycles. The zero-order valence-electron chi connectivity index (χ0n) is 23.1. The molecule has 0 saturated carbocycles. The molecule has 15 unspecified atom stereocenters. The molecule has 15 atom stereocenters. The molecule has 0 aromatic heterocycles. The van der Waals surface area contributed by atoms with Crippen molar-refractivity contribution in [2.24, 2.45) is 10.8 Å². The topological polar surface area (TPSA) is 228 Å². The molecule has 39 heavy (non-hydrogen) atoms. The molecule has 0 amide bonds. The Labute approximate surface area is 227 Å². The SMILES string of the molecule is CC(C)(C)CC1OC(OC2C(O)C(O)C(O)OC2C(C)(C)C)C(OC2OC(CO)C(O)C(O)C2O)C(O)C1O. The second-order valence-corrected chi connectivity index (χ2v) is 13.0. The molecule has 230 valence electrons. The lowest BCUT2D eigenvalue weighted by Gasteiger charge is -2.50. The Hall–Kier alpha value is -0.560. The van der Waals surface area contributed by atoms with Crippen LogP contribution in [-0.4, -0.2) is 145 Å². The van der Waals surface area contributed by atoms with Crippen LogP contribution in [0.3, 0.4) is 0 Å². The normalized spacial score (nSPS) is 48.2. The average Bonchev–Trinajstić information content (AvgIpc) is 2.83. The van der Waals surface area contributed by atoms with Gasteiger partial charge in [-0.2, -0.15) is 0 Å². The van der Waals surface area contributed by atoms with Gasteiger partial charge < -0.3 is 69.6 Å². The van der Waals surface area contributed by atoms with Gasteiger partial charge in [-0.3, -0.25) is 0 Å². The summed E-state index contributed by atoms with van der Waals surface area (Å²) >= 11 is 0. The quantitative estimate of drug-likeness (QED) is 0.154. The summed E-state index contributed by atoms with van der Waals surface area (Å²) in [5, 5.41) is 93.6. The van der Waals surface area contributed by atoms with Gasteiger partial charge in [-0.15, -0.1) is 0 Å². The minimum absolute atomic E-state index is 0.269. The van der Waals surface area contributed by atoms with E-state index in [-0.39, 0.29) is 11.8 Å². The number of ether oxygens (including phenoxy) is 5. The highest BCUT2D eigenvalue weighted by Crippen LogP contribution is 2.39. The summed E-state index contributed by atoms with van der Waals surface area (Å²) in [5.74, 6) is 0. The Morgan fingerprint density at radius 1 is 0.564 bits per heavy atom. The van der Waals surface area contributed by atoms with Crippen LogP contribution in [0, 0.1) is 10.8 Å². The van der Waals surface area contributed by atoms with Crippen molar-refractivity contribution < 1.29 is 69.6 Å². The largest absolute Gasteiger partial charge is 0.394 e. The molecule has 0 aromatic carbocycles. The molecule has 0 radical (unpaired) electrons. The molecule has 9 N–H and O–H groups in total. The number of aliphatic hydroxyl groups excluding tert-OH is 9. The lowest BCUT2D eigenvalue weighted by molar-refractivity contribution is -0.390. The Bertz CT molecular complexity index is 784. The van der Waals surface area contributed by atoms with Crippen molar-refractivity contribution in [3.05, 3.63) is 0 Å². The van der Waals surface area contributed by atoms with E-state index in [1.54, 1.807) is 20.8 Å². The Morgan fingerprint density at radius 3 is 1.62 bits per heavy atom. The van der Waals surface area contributed by atoms with Crippen LogP contribution in [0.5, 0.6) is 0 Å². The van der Waals surface area contributed by atoms with E-state index < -0.39 is 104 Å². The van der Waals surface area contributed by atoms with Crippen molar-refractivity contribution in [3.63, 3.8) is 0 Å². The van der Waals surface area contributed by atoms with Gasteiger partial charge in [-0.1, -0.05) is 41.5 Å². The maximum Gasteiger partial charge on any atom is 0.187 e. The van der Waals surface area contributed by atoms with Crippen molar-refractivity contribution in [2.45, 2.75) is 140 Å². The third kappa shape index (κ3) is 7.27. The van der Waals surface area contributed by atoms with E-state index in [4.69, 9.17) is 23.7 Å².